The van der Waals surface area contributed by atoms with Crippen LogP contribution in [0.15, 0.2) is 49.1 Å². The molecule has 1 atom stereocenters. The van der Waals surface area contributed by atoms with Crippen molar-refractivity contribution in [1.82, 2.24) is 19.7 Å². The van der Waals surface area contributed by atoms with Crippen molar-refractivity contribution in [2.24, 2.45) is 5.92 Å². The van der Waals surface area contributed by atoms with Crippen LogP contribution in [0.2, 0.25) is 0 Å². The van der Waals surface area contributed by atoms with Crippen molar-refractivity contribution in [2.75, 3.05) is 12.0 Å². The van der Waals surface area contributed by atoms with Gasteiger partial charge in [-0.3, -0.25) is 4.90 Å². The lowest BCUT2D eigenvalue weighted by Crippen LogP contribution is -2.40. The third-order valence-electron chi connectivity index (χ3n) is 5.31. The van der Waals surface area contributed by atoms with Crippen molar-refractivity contribution in [1.29, 1.82) is 0 Å². The van der Waals surface area contributed by atoms with Crippen LogP contribution in [0.5, 0.6) is 0 Å². The standard InChI is InChI=1S/C26H30F3N5O4/c1-16(2)11-20(17-7-9-21(30-12-17)33-15-19(14-32-33)26(27,28)29)34(24(36)38-25(3,4)5)22-10-8-18(13-31-22)23(35)37-6/h7-10,12-16,20H,11H2,1-6H3. The summed E-state index contributed by atoms with van der Waals surface area (Å²) in [6.45, 7) is 9.19. The molecule has 0 saturated heterocycles. The Morgan fingerprint density at radius 1 is 1.03 bits per heavy atom. The number of hydrogen-bond donors (Lipinski definition) is 0. The first-order chi connectivity index (χ1) is 17.7. The maximum Gasteiger partial charge on any atom is 0.419 e. The lowest BCUT2D eigenvalue weighted by atomic mass is 9.96. The molecule has 0 radical (unpaired) electrons. The number of halogens is 3. The molecule has 0 aromatic carbocycles. The number of hydrogen-bond acceptors (Lipinski definition) is 7. The summed E-state index contributed by atoms with van der Waals surface area (Å²) in [5, 5.41) is 3.76. The maximum atomic E-state index is 13.4. The van der Waals surface area contributed by atoms with Gasteiger partial charge < -0.3 is 9.47 Å². The monoisotopic (exact) mass is 533 g/mol. The van der Waals surface area contributed by atoms with E-state index in [2.05, 4.69) is 15.1 Å². The second-order valence-electron chi connectivity index (χ2n) is 10.0. The molecule has 12 heteroatoms. The summed E-state index contributed by atoms with van der Waals surface area (Å²) in [5.41, 5.74) is -0.875. The Kier molecular flexibility index (Phi) is 8.43. The average molecular weight is 534 g/mol. The molecule has 0 bridgehead atoms. The minimum Gasteiger partial charge on any atom is -0.465 e. The number of carbonyl (C=O) groups excluding carboxylic acids is 2. The van der Waals surface area contributed by atoms with Crippen molar-refractivity contribution >= 4 is 17.9 Å². The molecule has 0 N–H and O–H groups in total. The summed E-state index contributed by atoms with van der Waals surface area (Å²) in [5.74, 6) is -0.0291. The summed E-state index contributed by atoms with van der Waals surface area (Å²) < 4.78 is 50.4. The molecule has 0 aliphatic carbocycles. The van der Waals surface area contributed by atoms with E-state index in [0.29, 0.717) is 12.0 Å². The lowest BCUT2D eigenvalue weighted by Gasteiger charge is -2.34. The normalized spacial score (nSPS) is 12.8. The first-order valence-electron chi connectivity index (χ1n) is 11.8. The molecular weight excluding hydrogens is 503 g/mol. The highest BCUT2D eigenvalue weighted by molar-refractivity contribution is 5.91. The molecule has 38 heavy (non-hydrogen) atoms. The van der Waals surface area contributed by atoms with Crippen LogP contribution in [0.25, 0.3) is 5.82 Å². The van der Waals surface area contributed by atoms with E-state index >= 15 is 0 Å². The number of rotatable bonds is 7. The SMILES string of the molecule is COC(=O)c1ccc(N(C(=O)OC(C)(C)C)C(CC(C)C)c2ccc(-n3cc(C(F)(F)F)cn3)nc2)nc1. The smallest absolute Gasteiger partial charge is 0.419 e. The number of methoxy groups -OCH3 is 1. The number of pyridine rings is 2. The van der Waals surface area contributed by atoms with Crippen LogP contribution in [0.3, 0.4) is 0 Å². The zero-order chi connectivity index (χ0) is 28.3. The summed E-state index contributed by atoms with van der Waals surface area (Å²) in [6, 6.07) is 5.62. The highest BCUT2D eigenvalue weighted by atomic mass is 19.4. The van der Waals surface area contributed by atoms with Gasteiger partial charge in [0.2, 0.25) is 0 Å². The number of anilines is 1. The Morgan fingerprint density at radius 2 is 1.74 bits per heavy atom. The van der Waals surface area contributed by atoms with E-state index in [0.717, 1.165) is 17.1 Å². The van der Waals surface area contributed by atoms with Crippen molar-refractivity contribution < 1.29 is 32.2 Å². The molecule has 1 amide bonds. The minimum absolute atomic E-state index is 0.124. The van der Waals surface area contributed by atoms with Crippen LogP contribution >= 0.6 is 0 Å². The van der Waals surface area contributed by atoms with Gasteiger partial charge in [0.15, 0.2) is 5.82 Å². The van der Waals surface area contributed by atoms with Gasteiger partial charge in [0.05, 0.1) is 30.5 Å². The molecule has 3 heterocycles. The van der Waals surface area contributed by atoms with E-state index < -0.39 is 35.4 Å². The number of carbonyl (C=O) groups is 2. The Balaban J connectivity index is 2.03. The molecule has 0 fully saturated rings. The zero-order valence-corrected chi connectivity index (χ0v) is 22.0. The predicted octanol–water partition coefficient (Wildman–Crippen LogP) is 6.00. The van der Waals surface area contributed by atoms with Gasteiger partial charge >= 0.3 is 18.2 Å². The van der Waals surface area contributed by atoms with E-state index in [-0.39, 0.29) is 23.1 Å². The summed E-state index contributed by atoms with van der Waals surface area (Å²) in [6.07, 6.45) is -0.323. The van der Waals surface area contributed by atoms with Crippen molar-refractivity contribution in [2.45, 2.75) is 58.9 Å². The van der Waals surface area contributed by atoms with Crippen molar-refractivity contribution in [3.63, 3.8) is 0 Å². The van der Waals surface area contributed by atoms with E-state index in [9.17, 15) is 22.8 Å². The maximum absolute atomic E-state index is 13.4. The summed E-state index contributed by atoms with van der Waals surface area (Å²) >= 11 is 0. The number of ether oxygens (including phenoxy) is 2. The van der Waals surface area contributed by atoms with E-state index in [1.54, 1.807) is 26.8 Å². The van der Waals surface area contributed by atoms with Crippen LogP contribution < -0.4 is 4.90 Å². The Labute approximate surface area is 218 Å². The van der Waals surface area contributed by atoms with Gasteiger partial charge in [-0.2, -0.15) is 18.3 Å². The number of alkyl halides is 3. The molecule has 3 aromatic heterocycles. The average Bonchev–Trinajstić information content (AvgIpc) is 3.33. The zero-order valence-electron chi connectivity index (χ0n) is 22.0. The predicted molar refractivity (Wildman–Crippen MR) is 133 cm³/mol. The van der Waals surface area contributed by atoms with Crippen LogP contribution in [-0.2, 0) is 15.7 Å². The number of amides is 1. The second-order valence-corrected chi connectivity index (χ2v) is 10.0. The van der Waals surface area contributed by atoms with E-state index in [4.69, 9.17) is 9.47 Å². The fraction of sp³-hybridized carbons (Fsp3) is 0.423. The van der Waals surface area contributed by atoms with Gasteiger partial charge in [-0.05, 0) is 56.9 Å². The number of nitrogens with zero attached hydrogens (tertiary/aromatic N) is 5. The lowest BCUT2D eigenvalue weighted by molar-refractivity contribution is -0.137. The molecule has 0 aliphatic rings. The quantitative estimate of drug-likeness (QED) is 0.344. The van der Waals surface area contributed by atoms with Gasteiger partial charge in [0.25, 0.3) is 0 Å². The van der Waals surface area contributed by atoms with Crippen molar-refractivity contribution in [3.05, 3.63) is 65.7 Å². The topological polar surface area (TPSA) is 99.4 Å². The van der Waals surface area contributed by atoms with Gasteiger partial charge in [0, 0.05) is 18.6 Å². The molecule has 204 valence electrons. The molecule has 3 aromatic rings. The van der Waals surface area contributed by atoms with Crippen LogP contribution in [-0.4, -0.2) is 44.5 Å². The summed E-state index contributed by atoms with van der Waals surface area (Å²) in [4.78, 5) is 35.3. The highest BCUT2D eigenvalue weighted by Gasteiger charge is 2.34. The largest absolute Gasteiger partial charge is 0.465 e. The Bertz CT molecular complexity index is 1250. The second kappa shape index (κ2) is 11.2. The first-order valence-corrected chi connectivity index (χ1v) is 11.8. The number of esters is 1. The fourth-order valence-corrected chi connectivity index (χ4v) is 3.62. The third kappa shape index (κ3) is 7.08. The first kappa shape index (κ1) is 28.6. The van der Waals surface area contributed by atoms with Gasteiger partial charge in [0.1, 0.15) is 11.4 Å². The van der Waals surface area contributed by atoms with Gasteiger partial charge in [-0.1, -0.05) is 19.9 Å². The van der Waals surface area contributed by atoms with Crippen LogP contribution in [0.4, 0.5) is 23.8 Å². The van der Waals surface area contributed by atoms with Crippen LogP contribution in [0.1, 0.15) is 68.6 Å². The molecular formula is C26H30F3N5O4. The highest BCUT2D eigenvalue weighted by Crippen LogP contribution is 2.34. The Morgan fingerprint density at radius 3 is 2.21 bits per heavy atom. The molecule has 1 unspecified atom stereocenters. The van der Waals surface area contributed by atoms with Gasteiger partial charge in [-0.25, -0.2) is 24.2 Å². The summed E-state index contributed by atoms with van der Waals surface area (Å²) in [7, 11) is 1.26. The molecule has 0 spiro atoms. The van der Waals surface area contributed by atoms with E-state index in [1.165, 1.54) is 42.6 Å². The fourth-order valence-electron chi connectivity index (χ4n) is 3.62. The van der Waals surface area contributed by atoms with E-state index in [1.807, 2.05) is 13.8 Å². The molecule has 0 saturated carbocycles. The number of aromatic nitrogens is 4. The molecule has 0 aliphatic heterocycles. The molecule has 3 rings (SSSR count). The minimum atomic E-state index is -4.52. The van der Waals surface area contributed by atoms with Gasteiger partial charge in [-0.15, -0.1) is 0 Å². The third-order valence-corrected chi connectivity index (χ3v) is 5.31. The van der Waals surface area contributed by atoms with Crippen LogP contribution in [0, 0.1) is 5.92 Å². The van der Waals surface area contributed by atoms with Crippen molar-refractivity contribution in [3.8, 4) is 5.82 Å². The Hall–Kier alpha value is -3.96. The molecule has 9 nitrogen and oxygen atoms in total.